The number of guanidine groups is 1. The first-order valence-electron chi connectivity index (χ1n) is 7.92. The number of nitrogens with one attached hydrogen (secondary N) is 1. The maximum atomic E-state index is 12.1. The predicted molar refractivity (Wildman–Crippen MR) is 109 cm³/mol. The van der Waals surface area contributed by atoms with E-state index in [2.05, 4.69) is 24.2 Å². The summed E-state index contributed by atoms with van der Waals surface area (Å²) in [6.07, 6.45) is 0. The van der Waals surface area contributed by atoms with E-state index in [1.807, 2.05) is 4.90 Å². The fourth-order valence-corrected chi connectivity index (χ4v) is 3.54. The second-order valence-corrected chi connectivity index (χ2v) is 9.95. The molecule has 1 N–H and O–H groups in total. The summed E-state index contributed by atoms with van der Waals surface area (Å²) >= 11 is 0. The van der Waals surface area contributed by atoms with E-state index in [1.165, 1.54) is 4.90 Å². The molecule has 1 aliphatic heterocycles. The van der Waals surface area contributed by atoms with Crippen LogP contribution in [0.5, 0.6) is 0 Å². The highest BCUT2D eigenvalue weighted by molar-refractivity contribution is 14.0. The largest absolute Gasteiger partial charge is 0.356 e. The van der Waals surface area contributed by atoms with Gasteiger partial charge in [0.25, 0.3) is 0 Å². The van der Waals surface area contributed by atoms with Gasteiger partial charge in [0.2, 0.25) is 5.91 Å². The van der Waals surface area contributed by atoms with Gasteiger partial charge >= 0.3 is 0 Å². The monoisotopic (exact) mass is 474 g/mol. The molecule has 0 bridgehead atoms. The van der Waals surface area contributed by atoms with E-state index >= 15 is 0 Å². The maximum absolute atomic E-state index is 12.1. The Morgan fingerprint density at radius 3 is 2.38 bits per heavy atom. The van der Waals surface area contributed by atoms with E-state index in [4.69, 9.17) is 0 Å². The van der Waals surface area contributed by atoms with Crippen LogP contribution in [0.2, 0.25) is 0 Å². The van der Waals surface area contributed by atoms with Crippen LogP contribution in [0.4, 0.5) is 0 Å². The number of rotatable bonds is 4. The van der Waals surface area contributed by atoms with Crippen molar-refractivity contribution in [3.05, 3.63) is 0 Å². The summed E-state index contributed by atoms with van der Waals surface area (Å²) in [7, 11) is 0.277. The molecule has 0 aromatic carbocycles. The molecule has 0 aromatic rings. The summed E-state index contributed by atoms with van der Waals surface area (Å²) in [6.45, 7) is 9.18. The molecule has 1 amide bonds. The molecule has 0 saturated carbocycles. The molecule has 0 aliphatic carbocycles. The molecule has 1 heterocycles. The van der Waals surface area contributed by atoms with Gasteiger partial charge in [0, 0.05) is 33.7 Å². The quantitative estimate of drug-likeness (QED) is 0.371. The summed E-state index contributed by atoms with van der Waals surface area (Å²) in [4.78, 5) is 19.6. The normalized spacial score (nSPS) is 19.6. The molecule has 0 unspecified atom stereocenters. The van der Waals surface area contributed by atoms with E-state index in [-0.39, 0.29) is 42.2 Å². The first-order valence-corrected chi connectivity index (χ1v) is 9.57. The Kier molecular flexibility index (Phi) is 8.99. The highest BCUT2D eigenvalue weighted by Gasteiger charge is 2.41. The summed E-state index contributed by atoms with van der Waals surface area (Å²) in [5.74, 6) is 1.05. The van der Waals surface area contributed by atoms with Crippen LogP contribution in [0, 0.1) is 5.92 Å². The van der Waals surface area contributed by atoms with Crippen LogP contribution >= 0.6 is 24.0 Å². The van der Waals surface area contributed by atoms with E-state index in [9.17, 15) is 13.2 Å². The molecule has 1 aliphatic rings. The number of carbonyl (C=O) groups is 1. The number of hydrogen-bond donors (Lipinski definition) is 1. The van der Waals surface area contributed by atoms with Crippen molar-refractivity contribution in [1.29, 1.82) is 0 Å². The van der Waals surface area contributed by atoms with Gasteiger partial charge in [-0.05, 0) is 19.8 Å². The van der Waals surface area contributed by atoms with Crippen LogP contribution in [0.25, 0.3) is 0 Å². The van der Waals surface area contributed by atoms with Crippen LogP contribution < -0.4 is 5.32 Å². The van der Waals surface area contributed by atoms with Crippen LogP contribution in [0.3, 0.4) is 0 Å². The second kappa shape index (κ2) is 9.21. The van der Waals surface area contributed by atoms with Gasteiger partial charge in [-0.1, -0.05) is 13.8 Å². The average molecular weight is 474 g/mol. The fraction of sp³-hybridized carbons (Fsp3) is 0.867. The lowest BCUT2D eigenvalue weighted by atomic mass is 10.2. The zero-order valence-corrected chi connectivity index (χ0v) is 18.6. The second-order valence-electron chi connectivity index (χ2n) is 7.20. The van der Waals surface area contributed by atoms with Crippen LogP contribution in [-0.2, 0) is 14.6 Å². The number of amides is 1. The number of carbonyl (C=O) groups excluding carboxylic acids is 1. The molecule has 24 heavy (non-hydrogen) atoms. The topological polar surface area (TPSA) is 82.1 Å². The van der Waals surface area contributed by atoms with Crippen LogP contribution in [-0.4, -0.2) is 80.9 Å². The van der Waals surface area contributed by atoms with Gasteiger partial charge in [-0.15, -0.1) is 24.0 Å². The van der Waals surface area contributed by atoms with Gasteiger partial charge in [-0.2, -0.15) is 0 Å². The first kappa shape index (κ1) is 23.4. The van der Waals surface area contributed by atoms with E-state index in [1.54, 1.807) is 27.9 Å². The Hall–Kier alpha value is -0.580. The molecule has 0 spiro atoms. The van der Waals surface area contributed by atoms with Crippen molar-refractivity contribution in [2.45, 2.75) is 32.4 Å². The van der Waals surface area contributed by atoms with Crippen molar-refractivity contribution >= 4 is 45.7 Å². The third-order valence-electron chi connectivity index (χ3n) is 3.87. The number of sulfone groups is 1. The predicted octanol–water partition coefficient (Wildman–Crippen LogP) is 0.803. The van der Waals surface area contributed by atoms with E-state index < -0.39 is 14.6 Å². The van der Waals surface area contributed by atoms with E-state index in [0.29, 0.717) is 25.0 Å². The van der Waals surface area contributed by atoms with Crippen molar-refractivity contribution in [3.63, 3.8) is 0 Å². The van der Waals surface area contributed by atoms with Gasteiger partial charge in [0.15, 0.2) is 15.8 Å². The van der Waals surface area contributed by atoms with Crippen LogP contribution in [0.1, 0.15) is 27.7 Å². The summed E-state index contributed by atoms with van der Waals surface area (Å²) in [5, 5.41) is 3.26. The molecule has 0 radical (unpaired) electrons. The SMILES string of the molecule is CC(C)CNC(=NCC(=O)N(C)C)N1CCS(=O)(=O)C(C)(C)C1.I. The lowest BCUT2D eigenvalue weighted by molar-refractivity contribution is -0.127. The van der Waals surface area contributed by atoms with Crippen molar-refractivity contribution in [2.24, 2.45) is 10.9 Å². The smallest absolute Gasteiger partial charge is 0.243 e. The number of nitrogens with zero attached hydrogens (tertiary/aromatic N) is 3. The molecular formula is C15H31IN4O3S. The standard InChI is InChI=1S/C15H30N4O3S.HI/c1-12(2)9-16-14(17-10-13(20)18(5)6)19-7-8-23(21,22)15(3,4)11-19;/h12H,7-11H2,1-6H3,(H,16,17);1H. The fourth-order valence-electron chi connectivity index (χ4n) is 2.17. The van der Waals surface area contributed by atoms with E-state index in [0.717, 1.165) is 6.54 Å². The number of aliphatic imine (C=N–C) groups is 1. The third-order valence-corrected chi connectivity index (χ3v) is 6.41. The highest BCUT2D eigenvalue weighted by Crippen LogP contribution is 2.23. The van der Waals surface area contributed by atoms with Gasteiger partial charge in [-0.25, -0.2) is 13.4 Å². The van der Waals surface area contributed by atoms with Crippen molar-refractivity contribution in [3.8, 4) is 0 Å². The molecule has 1 saturated heterocycles. The number of hydrogen-bond acceptors (Lipinski definition) is 4. The molecule has 9 heteroatoms. The molecular weight excluding hydrogens is 443 g/mol. The Balaban J connectivity index is 0.00000529. The van der Waals surface area contributed by atoms with Gasteiger partial charge in [0.1, 0.15) is 6.54 Å². The zero-order chi connectivity index (χ0) is 17.8. The first-order chi connectivity index (χ1) is 10.5. The molecule has 0 atom stereocenters. The minimum atomic E-state index is -3.10. The average Bonchev–Trinajstić information content (AvgIpc) is 2.41. The van der Waals surface area contributed by atoms with Crippen molar-refractivity contribution in [1.82, 2.24) is 15.1 Å². The molecule has 1 fully saturated rings. The molecule has 1 rings (SSSR count). The zero-order valence-electron chi connectivity index (χ0n) is 15.5. The lowest BCUT2D eigenvalue weighted by Crippen LogP contribution is -2.57. The lowest BCUT2D eigenvalue weighted by Gasteiger charge is -2.39. The molecule has 7 nitrogen and oxygen atoms in total. The van der Waals surface area contributed by atoms with Gasteiger partial charge in [0.05, 0.1) is 10.5 Å². The van der Waals surface area contributed by atoms with Crippen LogP contribution in [0.15, 0.2) is 4.99 Å². The van der Waals surface area contributed by atoms with Crippen molar-refractivity contribution < 1.29 is 13.2 Å². The molecule has 142 valence electrons. The minimum Gasteiger partial charge on any atom is -0.356 e. The van der Waals surface area contributed by atoms with Gasteiger partial charge < -0.3 is 15.1 Å². The Morgan fingerprint density at radius 1 is 1.33 bits per heavy atom. The minimum absolute atomic E-state index is 0. The summed E-state index contributed by atoms with van der Waals surface area (Å²) in [6, 6.07) is 0. The highest BCUT2D eigenvalue weighted by atomic mass is 127. The Labute approximate surface area is 163 Å². The number of halogens is 1. The van der Waals surface area contributed by atoms with Gasteiger partial charge in [-0.3, -0.25) is 4.79 Å². The maximum Gasteiger partial charge on any atom is 0.243 e. The Morgan fingerprint density at radius 2 is 1.92 bits per heavy atom. The Bertz CT molecular complexity index is 559. The third kappa shape index (κ3) is 6.38. The summed E-state index contributed by atoms with van der Waals surface area (Å²) in [5.41, 5.74) is 0. The summed E-state index contributed by atoms with van der Waals surface area (Å²) < 4.78 is 23.5. The number of likely N-dealkylation sites (N-methyl/N-ethyl adjacent to an activating group) is 1. The van der Waals surface area contributed by atoms with Crippen molar-refractivity contribution in [2.75, 3.05) is 46.0 Å². The molecule has 0 aromatic heterocycles.